The van der Waals surface area contributed by atoms with Gasteiger partial charge in [0.05, 0.1) is 6.54 Å². The molecule has 228 valence electrons. The summed E-state index contributed by atoms with van der Waals surface area (Å²) < 4.78 is 5.00. The minimum atomic E-state index is 1.17. The molecule has 0 bridgehead atoms. The third-order valence-electron chi connectivity index (χ3n) is 8.80. The molecule has 40 heavy (non-hydrogen) atoms. The van der Waals surface area contributed by atoms with Gasteiger partial charge in [-0.3, -0.25) is 0 Å². The van der Waals surface area contributed by atoms with Crippen molar-refractivity contribution in [2.45, 2.75) is 187 Å². The van der Waals surface area contributed by atoms with Crippen molar-refractivity contribution < 1.29 is 4.57 Å². The van der Waals surface area contributed by atoms with E-state index in [1.54, 1.807) is 0 Å². The second-order valence-corrected chi connectivity index (χ2v) is 12.5. The zero-order valence-electron chi connectivity index (χ0n) is 27.0. The van der Waals surface area contributed by atoms with Crippen LogP contribution in [-0.2, 0) is 13.0 Å². The van der Waals surface area contributed by atoms with Crippen molar-refractivity contribution in [2.75, 3.05) is 0 Å². The van der Waals surface area contributed by atoms with Crippen molar-refractivity contribution in [3.05, 3.63) is 48.5 Å². The van der Waals surface area contributed by atoms with Gasteiger partial charge in [0.2, 0.25) is 0 Å². The van der Waals surface area contributed by atoms with Gasteiger partial charge in [-0.05, 0) is 31.4 Å². The quantitative estimate of drug-likeness (QED) is 0.0734. The van der Waals surface area contributed by atoms with Crippen molar-refractivity contribution >= 4 is 0 Å². The third-order valence-corrected chi connectivity index (χ3v) is 8.80. The van der Waals surface area contributed by atoms with Gasteiger partial charge in [0.15, 0.2) is 0 Å². The van der Waals surface area contributed by atoms with Crippen molar-refractivity contribution in [3.8, 4) is 5.69 Å². The molecule has 1 aromatic heterocycles. The van der Waals surface area contributed by atoms with Crippen LogP contribution in [0.2, 0.25) is 0 Å². The Morgan fingerprint density at radius 1 is 0.475 bits per heavy atom. The van der Waals surface area contributed by atoms with Crippen LogP contribution in [-0.4, -0.2) is 4.57 Å². The van der Waals surface area contributed by atoms with Crippen molar-refractivity contribution in [1.29, 1.82) is 0 Å². The van der Waals surface area contributed by atoms with Gasteiger partial charge in [0.25, 0.3) is 5.82 Å². The van der Waals surface area contributed by atoms with Gasteiger partial charge in [0, 0.05) is 6.42 Å². The molecule has 1 aromatic carbocycles. The van der Waals surface area contributed by atoms with Crippen molar-refractivity contribution in [3.63, 3.8) is 0 Å². The Morgan fingerprint density at radius 3 is 1.32 bits per heavy atom. The molecular weight excluding hydrogens is 484 g/mol. The van der Waals surface area contributed by atoms with Crippen LogP contribution in [0.25, 0.3) is 5.69 Å². The van der Waals surface area contributed by atoms with Gasteiger partial charge >= 0.3 is 0 Å². The lowest BCUT2D eigenvalue weighted by Crippen LogP contribution is -2.37. The maximum atomic E-state index is 2.56. The monoisotopic (exact) mass is 552 g/mol. The van der Waals surface area contributed by atoms with E-state index in [1.165, 1.54) is 185 Å². The second-order valence-electron chi connectivity index (χ2n) is 12.5. The molecule has 0 saturated carbocycles. The van der Waals surface area contributed by atoms with Crippen LogP contribution < -0.4 is 4.57 Å². The fourth-order valence-electron chi connectivity index (χ4n) is 6.17. The number of imidazole rings is 1. The van der Waals surface area contributed by atoms with Crippen LogP contribution in [0.5, 0.6) is 0 Å². The lowest BCUT2D eigenvalue weighted by Gasteiger charge is -2.07. The molecule has 2 rings (SSSR count). The first-order valence-electron chi connectivity index (χ1n) is 18.0. The SMILES string of the molecule is CCCCCCCCCCCCCCCC[n+]1ccn(-c2ccccc2)c1CCCCCCCCCCCCC. The van der Waals surface area contributed by atoms with E-state index < -0.39 is 0 Å². The highest BCUT2D eigenvalue weighted by atomic mass is 15.1. The predicted molar refractivity (Wildman–Crippen MR) is 176 cm³/mol. The molecule has 2 nitrogen and oxygen atoms in total. The Kier molecular flexibility index (Phi) is 21.8. The molecule has 2 heteroatoms. The first kappa shape index (κ1) is 34.6. The Morgan fingerprint density at radius 2 is 0.875 bits per heavy atom. The minimum absolute atomic E-state index is 1.17. The highest BCUT2D eigenvalue weighted by Crippen LogP contribution is 2.16. The minimum Gasteiger partial charge on any atom is -0.234 e. The number of unbranched alkanes of at least 4 members (excludes halogenated alkanes) is 23. The van der Waals surface area contributed by atoms with Crippen molar-refractivity contribution in [1.82, 2.24) is 4.57 Å². The van der Waals surface area contributed by atoms with E-state index in [9.17, 15) is 0 Å². The van der Waals surface area contributed by atoms with E-state index in [1.807, 2.05) is 0 Å². The Hall–Kier alpha value is -1.57. The second kappa shape index (κ2) is 25.2. The molecule has 0 N–H and O–H groups in total. The lowest BCUT2D eigenvalue weighted by molar-refractivity contribution is -0.704. The summed E-state index contributed by atoms with van der Waals surface area (Å²) in [7, 11) is 0. The molecule has 0 radical (unpaired) electrons. The molecule has 0 fully saturated rings. The average molecular weight is 552 g/mol. The summed E-state index contributed by atoms with van der Waals surface area (Å²) in [5.74, 6) is 1.50. The Bertz CT molecular complexity index is 793. The number of aryl methyl sites for hydroxylation is 1. The number of benzene rings is 1. The van der Waals surface area contributed by atoms with Crippen molar-refractivity contribution in [2.24, 2.45) is 0 Å². The molecule has 0 aliphatic rings. The largest absolute Gasteiger partial charge is 0.261 e. The molecule has 0 aliphatic carbocycles. The fourth-order valence-corrected chi connectivity index (χ4v) is 6.17. The molecule has 1 heterocycles. The van der Waals surface area contributed by atoms with Crippen LogP contribution in [0, 0.1) is 0 Å². The summed E-state index contributed by atoms with van der Waals surface area (Å²) in [6.45, 7) is 5.78. The van der Waals surface area contributed by atoms with Crippen LogP contribution in [0.4, 0.5) is 0 Å². The Labute approximate surface area is 250 Å². The van der Waals surface area contributed by atoms with E-state index >= 15 is 0 Å². The standard InChI is InChI=1S/C38H67N2/c1-3-5-7-9-11-13-15-16-17-19-21-23-25-30-34-39-35-36-40(37-31-27-26-28-32-37)38(39)33-29-24-22-20-18-14-12-10-8-6-4-2/h26-28,31-32,35-36H,3-25,29-30,33-34H2,1-2H3/q+1. The summed E-state index contributed by atoms with van der Waals surface area (Å²) in [6, 6.07) is 11.0. The molecule has 0 aliphatic heterocycles. The van der Waals surface area contributed by atoms with E-state index in [4.69, 9.17) is 0 Å². The van der Waals surface area contributed by atoms with E-state index in [2.05, 4.69) is 65.7 Å². The highest BCUT2D eigenvalue weighted by Gasteiger charge is 2.18. The maximum absolute atomic E-state index is 2.56. The predicted octanol–water partition coefficient (Wildman–Crippen LogP) is 12.1. The van der Waals surface area contributed by atoms with Gasteiger partial charge in [0.1, 0.15) is 18.1 Å². The molecule has 0 amide bonds. The molecule has 0 saturated heterocycles. The zero-order valence-corrected chi connectivity index (χ0v) is 27.0. The number of aromatic nitrogens is 2. The Balaban J connectivity index is 1.60. The van der Waals surface area contributed by atoms with Crippen LogP contribution in [0.15, 0.2) is 42.7 Å². The van der Waals surface area contributed by atoms with E-state index in [0.717, 1.165) is 0 Å². The zero-order chi connectivity index (χ0) is 28.4. The first-order chi connectivity index (χ1) is 19.9. The summed E-state index contributed by atoms with van der Waals surface area (Å²) in [5.41, 5.74) is 1.31. The van der Waals surface area contributed by atoms with Gasteiger partial charge in [-0.15, -0.1) is 0 Å². The number of hydrogen-bond acceptors (Lipinski definition) is 0. The number of para-hydroxylation sites is 1. The van der Waals surface area contributed by atoms with Crippen LogP contribution in [0.3, 0.4) is 0 Å². The molecule has 2 aromatic rings. The lowest BCUT2D eigenvalue weighted by atomic mass is 10.0. The van der Waals surface area contributed by atoms with Gasteiger partial charge < -0.3 is 0 Å². The number of hydrogen-bond donors (Lipinski definition) is 0. The molecule has 0 spiro atoms. The smallest absolute Gasteiger partial charge is 0.234 e. The van der Waals surface area contributed by atoms with E-state index in [0.29, 0.717) is 0 Å². The average Bonchev–Trinajstić information content (AvgIpc) is 3.39. The molecular formula is C38H67N2+. The fraction of sp³-hybridized carbons (Fsp3) is 0.763. The molecule has 0 atom stereocenters. The topological polar surface area (TPSA) is 8.81 Å². The normalized spacial score (nSPS) is 11.4. The summed E-state index contributed by atoms with van der Waals surface area (Å²) in [4.78, 5) is 0. The summed E-state index contributed by atoms with van der Waals surface area (Å²) in [6.07, 6.45) is 41.3. The van der Waals surface area contributed by atoms with Gasteiger partial charge in [-0.2, -0.15) is 4.57 Å². The summed E-state index contributed by atoms with van der Waals surface area (Å²) in [5, 5.41) is 0. The van der Waals surface area contributed by atoms with E-state index in [-0.39, 0.29) is 0 Å². The highest BCUT2D eigenvalue weighted by molar-refractivity contribution is 5.31. The van der Waals surface area contributed by atoms with Crippen LogP contribution in [0.1, 0.15) is 180 Å². The third kappa shape index (κ3) is 16.6. The molecule has 0 unspecified atom stereocenters. The summed E-state index contributed by atoms with van der Waals surface area (Å²) >= 11 is 0. The number of rotatable bonds is 28. The van der Waals surface area contributed by atoms with Gasteiger partial charge in [-0.25, -0.2) is 4.57 Å². The maximum Gasteiger partial charge on any atom is 0.261 e. The first-order valence-corrected chi connectivity index (χ1v) is 18.0. The number of nitrogens with zero attached hydrogens (tertiary/aromatic N) is 2. The van der Waals surface area contributed by atoms with Crippen LogP contribution >= 0.6 is 0 Å². The van der Waals surface area contributed by atoms with Gasteiger partial charge in [-0.1, -0.05) is 173 Å².